The van der Waals surface area contributed by atoms with Gasteiger partial charge in [0.1, 0.15) is 16.0 Å². The van der Waals surface area contributed by atoms with Crippen molar-refractivity contribution in [1.82, 2.24) is 0 Å². The SMILES string of the molecule is Nc1sc(/C=C/C(=O)c2ccco2)c2c1c(=O)oc1ccccc12. The van der Waals surface area contributed by atoms with Gasteiger partial charge < -0.3 is 14.6 Å². The molecule has 0 amide bonds. The summed E-state index contributed by atoms with van der Waals surface area (Å²) in [5, 5.41) is 2.20. The maximum atomic E-state index is 12.2. The number of carbonyl (C=O) groups is 1. The molecule has 0 fully saturated rings. The Hall–Kier alpha value is -3.12. The number of nitrogen functional groups attached to an aromatic ring is 1. The van der Waals surface area contributed by atoms with Crippen LogP contribution in [0.15, 0.2) is 62.4 Å². The van der Waals surface area contributed by atoms with Crippen LogP contribution < -0.4 is 11.4 Å². The highest BCUT2D eigenvalue weighted by Crippen LogP contribution is 2.37. The molecule has 0 spiro atoms. The average molecular weight is 337 g/mol. The lowest BCUT2D eigenvalue weighted by Crippen LogP contribution is -2.00. The van der Waals surface area contributed by atoms with Crippen LogP contribution in [-0.2, 0) is 0 Å². The average Bonchev–Trinajstić information content (AvgIpc) is 3.21. The molecule has 5 nitrogen and oxygen atoms in total. The Labute approximate surface area is 139 Å². The van der Waals surface area contributed by atoms with Gasteiger partial charge >= 0.3 is 5.63 Å². The van der Waals surface area contributed by atoms with Gasteiger partial charge in [0.2, 0.25) is 5.78 Å². The van der Waals surface area contributed by atoms with Crippen molar-refractivity contribution in [2.24, 2.45) is 0 Å². The zero-order valence-electron chi connectivity index (χ0n) is 12.3. The smallest absolute Gasteiger partial charge is 0.347 e. The van der Waals surface area contributed by atoms with Crippen LogP contribution in [0.1, 0.15) is 15.4 Å². The first-order valence-electron chi connectivity index (χ1n) is 7.15. The van der Waals surface area contributed by atoms with E-state index in [2.05, 4.69) is 0 Å². The molecule has 0 atom stereocenters. The molecule has 4 rings (SSSR count). The summed E-state index contributed by atoms with van der Waals surface area (Å²) in [6.45, 7) is 0. The molecule has 0 radical (unpaired) electrons. The van der Waals surface area contributed by atoms with Gasteiger partial charge in [-0.1, -0.05) is 18.2 Å². The fraction of sp³-hybridized carbons (Fsp3) is 0. The minimum absolute atomic E-state index is 0.254. The number of nitrogens with two attached hydrogens (primary N) is 1. The molecule has 0 saturated carbocycles. The second-order valence-corrected chi connectivity index (χ2v) is 6.22. The molecule has 0 aliphatic carbocycles. The molecular weight excluding hydrogens is 326 g/mol. The Balaban J connectivity index is 1.93. The van der Waals surface area contributed by atoms with Gasteiger partial charge in [0.25, 0.3) is 0 Å². The molecule has 0 unspecified atom stereocenters. The van der Waals surface area contributed by atoms with Crippen LogP contribution in [0.3, 0.4) is 0 Å². The molecule has 1 aromatic carbocycles. The topological polar surface area (TPSA) is 86.4 Å². The number of hydrogen-bond donors (Lipinski definition) is 1. The molecule has 0 saturated heterocycles. The van der Waals surface area contributed by atoms with Crippen LogP contribution in [0.4, 0.5) is 5.00 Å². The van der Waals surface area contributed by atoms with E-state index in [0.717, 1.165) is 10.3 Å². The monoisotopic (exact) mass is 337 g/mol. The Morgan fingerprint density at radius 3 is 2.75 bits per heavy atom. The van der Waals surface area contributed by atoms with E-state index >= 15 is 0 Å². The Bertz CT molecular complexity index is 1150. The number of para-hydroxylation sites is 1. The largest absolute Gasteiger partial charge is 0.461 e. The number of thiophene rings is 1. The molecule has 6 heteroatoms. The first-order chi connectivity index (χ1) is 11.6. The number of carbonyl (C=O) groups excluding carboxylic acids is 1. The number of allylic oxidation sites excluding steroid dienone is 1. The third-order valence-corrected chi connectivity index (χ3v) is 4.66. The van der Waals surface area contributed by atoms with Gasteiger partial charge in [-0.2, -0.15) is 0 Å². The molecule has 0 aliphatic rings. The van der Waals surface area contributed by atoms with Crippen LogP contribution in [0.5, 0.6) is 0 Å². The lowest BCUT2D eigenvalue weighted by Gasteiger charge is -1.99. The van der Waals surface area contributed by atoms with Gasteiger partial charge in [0.15, 0.2) is 5.76 Å². The van der Waals surface area contributed by atoms with E-state index < -0.39 is 5.63 Å². The molecule has 4 aromatic rings. The molecule has 118 valence electrons. The van der Waals surface area contributed by atoms with Crippen molar-refractivity contribution < 1.29 is 13.6 Å². The third-order valence-electron chi connectivity index (χ3n) is 3.68. The lowest BCUT2D eigenvalue weighted by molar-refractivity contribution is 0.102. The summed E-state index contributed by atoms with van der Waals surface area (Å²) in [5.41, 5.74) is 6.00. The zero-order valence-corrected chi connectivity index (χ0v) is 13.1. The van der Waals surface area contributed by atoms with Crippen molar-refractivity contribution in [2.75, 3.05) is 5.73 Å². The predicted octanol–water partition coefficient (Wildman–Crippen LogP) is 4.08. The normalized spacial score (nSPS) is 11.7. The van der Waals surface area contributed by atoms with Crippen molar-refractivity contribution in [1.29, 1.82) is 0 Å². The highest BCUT2D eigenvalue weighted by molar-refractivity contribution is 7.18. The van der Waals surface area contributed by atoms with E-state index in [0.29, 0.717) is 21.4 Å². The number of benzene rings is 1. The van der Waals surface area contributed by atoms with Gasteiger partial charge in [-0.05, 0) is 30.4 Å². The van der Waals surface area contributed by atoms with E-state index in [9.17, 15) is 9.59 Å². The van der Waals surface area contributed by atoms with Crippen molar-refractivity contribution in [2.45, 2.75) is 0 Å². The van der Waals surface area contributed by atoms with Gasteiger partial charge in [-0.15, -0.1) is 11.3 Å². The molecule has 3 heterocycles. The summed E-state index contributed by atoms with van der Waals surface area (Å²) >= 11 is 1.24. The maximum absolute atomic E-state index is 12.2. The fourth-order valence-electron chi connectivity index (χ4n) is 2.62. The highest BCUT2D eigenvalue weighted by Gasteiger charge is 2.16. The van der Waals surface area contributed by atoms with E-state index in [1.807, 2.05) is 12.1 Å². The van der Waals surface area contributed by atoms with Gasteiger partial charge in [0, 0.05) is 15.6 Å². The standard InChI is InChI=1S/C18H11NO4S/c19-17-16-15(10-4-1-2-5-12(10)23-18(16)21)14(24-17)8-7-11(20)13-6-3-9-22-13/h1-9H,19H2/b8-7+. The van der Waals surface area contributed by atoms with Crippen molar-refractivity contribution in [3.8, 4) is 0 Å². The fourth-order valence-corrected chi connectivity index (χ4v) is 3.59. The summed E-state index contributed by atoms with van der Waals surface area (Å²) in [7, 11) is 0. The van der Waals surface area contributed by atoms with Gasteiger partial charge in [-0.3, -0.25) is 4.79 Å². The first kappa shape index (κ1) is 14.5. The van der Waals surface area contributed by atoms with Crippen LogP contribution in [0.25, 0.3) is 27.8 Å². The second-order valence-electron chi connectivity index (χ2n) is 5.14. The second kappa shape index (κ2) is 5.50. The van der Waals surface area contributed by atoms with Crippen molar-refractivity contribution in [3.63, 3.8) is 0 Å². The summed E-state index contributed by atoms with van der Waals surface area (Å²) < 4.78 is 10.4. The lowest BCUT2D eigenvalue weighted by atomic mass is 10.1. The van der Waals surface area contributed by atoms with E-state index in [1.165, 1.54) is 23.7 Å². The number of rotatable bonds is 3. The Morgan fingerprint density at radius 1 is 1.12 bits per heavy atom. The van der Waals surface area contributed by atoms with Crippen LogP contribution in [-0.4, -0.2) is 5.78 Å². The van der Waals surface area contributed by atoms with Gasteiger partial charge in [0.05, 0.1) is 6.26 Å². The minimum atomic E-state index is -0.477. The van der Waals surface area contributed by atoms with Crippen molar-refractivity contribution >= 4 is 49.9 Å². The quantitative estimate of drug-likeness (QED) is 0.346. The first-order valence-corrected chi connectivity index (χ1v) is 7.96. The highest BCUT2D eigenvalue weighted by atomic mass is 32.1. The van der Waals surface area contributed by atoms with Crippen LogP contribution in [0, 0.1) is 0 Å². The molecule has 2 N–H and O–H groups in total. The number of hydrogen-bond acceptors (Lipinski definition) is 6. The Morgan fingerprint density at radius 2 is 1.96 bits per heavy atom. The number of furan rings is 1. The summed E-state index contributed by atoms with van der Waals surface area (Å²) in [6.07, 6.45) is 4.51. The van der Waals surface area contributed by atoms with E-state index in [1.54, 1.807) is 30.3 Å². The number of fused-ring (bicyclic) bond motifs is 3. The minimum Gasteiger partial charge on any atom is -0.461 e. The predicted molar refractivity (Wildman–Crippen MR) is 94.4 cm³/mol. The number of ketones is 1. The summed E-state index contributed by atoms with van der Waals surface area (Å²) in [6, 6.07) is 10.5. The number of anilines is 1. The molecular formula is C18H11NO4S. The summed E-state index contributed by atoms with van der Waals surface area (Å²) in [4.78, 5) is 25.0. The molecule has 24 heavy (non-hydrogen) atoms. The van der Waals surface area contributed by atoms with Crippen molar-refractivity contribution in [3.05, 3.63) is 69.8 Å². The van der Waals surface area contributed by atoms with E-state index in [4.69, 9.17) is 14.6 Å². The van der Waals surface area contributed by atoms with Crippen LogP contribution in [0.2, 0.25) is 0 Å². The zero-order chi connectivity index (χ0) is 16.7. The maximum Gasteiger partial charge on any atom is 0.347 e. The molecule has 3 aromatic heterocycles. The van der Waals surface area contributed by atoms with Gasteiger partial charge in [-0.25, -0.2) is 4.79 Å². The Kier molecular flexibility index (Phi) is 3.32. The van der Waals surface area contributed by atoms with Crippen LogP contribution >= 0.6 is 11.3 Å². The summed E-state index contributed by atoms with van der Waals surface area (Å²) in [5.74, 6) is -0.00292. The van der Waals surface area contributed by atoms with E-state index in [-0.39, 0.29) is 11.5 Å². The third kappa shape index (κ3) is 2.24. The molecule has 0 bridgehead atoms. The molecule has 0 aliphatic heterocycles.